The summed E-state index contributed by atoms with van der Waals surface area (Å²) < 4.78 is 27.8. The summed E-state index contributed by atoms with van der Waals surface area (Å²) in [6.45, 7) is 0. The van der Waals surface area contributed by atoms with E-state index in [0.717, 1.165) is 25.0 Å². The summed E-state index contributed by atoms with van der Waals surface area (Å²) >= 11 is 0. The van der Waals surface area contributed by atoms with Crippen LogP contribution in [0.15, 0.2) is 29.8 Å². The SMILES string of the molecule is N#CC1C(=N)C(C#N)(C#N)C(c2ccc(F)cc2F)C2CCCC=C12. The van der Waals surface area contributed by atoms with Gasteiger partial charge in [0.2, 0.25) is 0 Å². The maximum atomic E-state index is 14.5. The van der Waals surface area contributed by atoms with Crippen molar-refractivity contribution in [2.75, 3.05) is 0 Å². The molecule has 0 aromatic heterocycles. The molecule has 1 N–H and O–H groups in total. The molecule has 2 aliphatic rings. The normalized spacial score (nSPS) is 27.2. The van der Waals surface area contributed by atoms with Gasteiger partial charge in [0.05, 0.1) is 23.9 Å². The van der Waals surface area contributed by atoms with E-state index >= 15 is 0 Å². The van der Waals surface area contributed by atoms with Crippen molar-refractivity contribution in [3.05, 3.63) is 47.0 Å². The van der Waals surface area contributed by atoms with Gasteiger partial charge in [0.25, 0.3) is 0 Å². The van der Waals surface area contributed by atoms with Crippen molar-refractivity contribution in [1.29, 1.82) is 21.2 Å². The van der Waals surface area contributed by atoms with Gasteiger partial charge in [0.15, 0.2) is 5.41 Å². The summed E-state index contributed by atoms with van der Waals surface area (Å²) in [5, 5.41) is 37.4. The summed E-state index contributed by atoms with van der Waals surface area (Å²) in [6.07, 6.45) is 3.97. The summed E-state index contributed by atoms with van der Waals surface area (Å²) in [7, 11) is 0. The monoisotopic (exact) mass is 336 g/mol. The Morgan fingerprint density at radius 2 is 1.88 bits per heavy atom. The molecule has 124 valence electrons. The van der Waals surface area contributed by atoms with E-state index in [-0.39, 0.29) is 11.3 Å². The topological polar surface area (TPSA) is 95.2 Å². The van der Waals surface area contributed by atoms with E-state index in [4.69, 9.17) is 5.41 Å². The summed E-state index contributed by atoms with van der Waals surface area (Å²) in [5.74, 6) is -3.88. The Morgan fingerprint density at radius 1 is 1.16 bits per heavy atom. The summed E-state index contributed by atoms with van der Waals surface area (Å²) in [6, 6.07) is 8.84. The van der Waals surface area contributed by atoms with Gasteiger partial charge in [0.1, 0.15) is 17.6 Å². The predicted octanol–water partition coefficient (Wildman–Crippen LogP) is 3.98. The average Bonchev–Trinajstić information content (AvgIpc) is 2.62. The summed E-state index contributed by atoms with van der Waals surface area (Å²) in [4.78, 5) is 0. The third kappa shape index (κ3) is 2.32. The van der Waals surface area contributed by atoms with E-state index in [9.17, 15) is 24.6 Å². The molecule has 4 nitrogen and oxygen atoms in total. The first kappa shape index (κ1) is 16.8. The first-order valence-corrected chi connectivity index (χ1v) is 7.96. The van der Waals surface area contributed by atoms with Crippen LogP contribution in [0.5, 0.6) is 0 Å². The van der Waals surface area contributed by atoms with Crippen LogP contribution < -0.4 is 0 Å². The number of halogens is 2. The van der Waals surface area contributed by atoms with E-state index < -0.39 is 34.8 Å². The fourth-order valence-electron chi connectivity index (χ4n) is 4.11. The van der Waals surface area contributed by atoms with Gasteiger partial charge in [-0.15, -0.1) is 0 Å². The van der Waals surface area contributed by atoms with Crippen molar-refractivity contribution in [3.63, 3.8) is 0 Å². The quantitative estimate of drug-likeness (QED) is 0.786. The van der Waals surface area contributed by atoms with E-state index in [2.05, 4.69) is 0 Å². The Morgan fingerprint density at radius 3 is 2.48 bits per heavy atom. The van der Waals surface area contributed by atoms with Gasteiger partial charge in [-0.05, 0) is 42.4 Å². The summed E-state index contributed by atoms with van der Waals surface area (Å²) in [5.41, 5.74) is -1.55. The predicted molar refractivity (Wildman–Crippen MR) is 85.0 cm³/mol. The standard InChI is InChI=1S/C19H14F2N4/c20-11-5-6-14(16(21)7-11)17-13-4-2-1-3-12(13)15(8-22)18(25)19(17,9-23)10-24/h3,5-7,13,15,17,25H,1-2,4H2. The van der Waals surface area contributed by atoms with Gasteiger partial charge in [-0.2, -0.15) is 15.8 Å². The Balaban J connectivity index is 2.29. The second kappa shape index (κ2) is 6.11. The van der Waals surface area contributed by atoms with E-state index in [0.29, 0.717) is 12.0 Å². The lowest BCUT2D eigenvalue weighted by Crippen LogP contribution is -2.49. The number of hydrogen-bond acceptors (Lipinski definition) is 4. The molecule has 1 saturated carbocycles. The maximum Gasteiger partial charge on any atom is 0.189 e. The lowest BCUT2D eigenvalue weighted by Gasteiger charge is -2.45. The largest absolute Gasteiger partial charge is 0.305 e. The van der Waals surface area contributed by atoms with Crippen LogP contribution in [0.2, 0.25) is 0 Å². The minimum Gasteiger partial charge on any atom is -0.305 e. The maximum absolute atomic E-state index is 14.5. The van der Waals surface area contributed by atoms with Gasteiger partial charge in [0, 0.05) is 12.0 Å². The highest BCUT2D eigenvalue weighted by molar-refractivity contribution is 6.00. The van der Waals surface area contributed by atoms with Crippen molar-refractivity contribution in [3.8, 4) is 18.2 Å². The number of nitriles is 3. The van der Waals surface area contributed by atoms with Crippen LogP contribution in [0.3, 0.4) is 0 Å². The Kier molecular flexibility index (Phi) is 4.11. The molecule has 2 aliphatic carbocycles. The van der Waals surface area contributed by atoms with Crippen LogP contribution in [-0.2, 0) is 0 Å². The average molecular weight is 336 g/mol. The molecule has 0 spiro atoms. The number of nitrogens with zero attached hydrogens (tertiary/aromatic N) is 3. The van der Waals surface area contributed by atoms with Crippen molar-refractivity contribution in [2.24, 2.45) is 17.3 Å². The van der Waals surface area contributed by atoms with Crippen molar-refractivity contribution >= 4 is 5.71 Å². The number of fused-ring (bicyclic) bond motifs is 1. The van der Waals surface area contributed by atoms with Gasteiger partial charge < -0.3 is 5.41 Å². The van der Waals surface area contributed by atoms with Gasteiger partial charge in [-0.25, -0.2) is 8.78 Å². The van der Waals surface area contributed by atoms with Crippen LogP contribution in [0.4, 0.5) is 8.78 Å². The fraction of sp³-hybridized carbons (Fsp3) is 0.368. The third-order valence-electron chi connectivity index (χ3n) is 5.22. The first-order valence-electron chi connectivity index (χ1n) is 7.96. The smallest absolute Gasteiger partial charge is 0.189 e. The van der Waals surface area contributed by atoms with Crippen LogP contribution in [0, 0.1) is 68.3 Å². The number of hydrogen-bond donors (Lipinski definition) is 1. The molecule has 25 heavy (non-hydrogen) atoms. The molecule has 3 unspecified atom stereocenters. The molecular weight excluding hydrogens is 322 g/mol. The van der Waals surface area contributed by atoms with Gasteiger partial charge in [-0.1, -0.05) is 12.1 Å². The highest BCUT2D eigenvalue weighted by atomic mass is 19.1. The minimum absolute atomic E-state index is 0.0449. The van der Waals surface area contributed by atoms with Gasteiger partial charge >= 0.3 is 0 Å². The zero-order valence-electron chi connectivity index (χ0n) is 13.3. The van der Waals surface area contributed by atoms with Crippen LogP contribution in [-0.4, -0.2) is 5.71 Å². The molecular formula is C19H14F2N4. The lowest BCUT2D eigenvalue weighted by molar-refractivity contribution is 0.312. The Bertz CT molecular complexity index is 883. The van der Waals surface area contributed by atoms with Crippen molar-refractivity contribution in [2.45, 2.75) is 25.2 Å². The molecule has 0 aliphatic heterocycles. The van der Waals surface area contributed by atoms with Crippen molar-refractivity contribution in [1.82, 2.24) is 0 Å². The molecule has 1 fully saturated rings. The molecule has 3 rings (SSSR count). The molecule has 0 radical (unpaired) electrons. The van der Waals surface area contributed by atoms with E-state index in [1.165, 1.54) is 6.07 Å². The third-order valence-corrected chi connectivity index (χ3v) is 5.22. The molecule has 0 saturated heterocycles. The number of rotatable bonds is 1. The molecule has 0 heterocycles. The van der Waals surface area contributed by atoms with Crippen molar-refractivity contribution < 1.29 is 8.78 Å². The zero-order valence-corrected chi connectivity index (χ0v) is 13.3. The molecule has 0 amide bonds. The lowest BCUT2D eigenvalue weighted by atomic mass is 9.53. The van der Waals surface area contributed by atoms with Crippen LogP contribution in [0.25, 0.3) is 0 Å². The highest BCUT2D eigenvalue weighted by Crippen LogP contribution is 2.55. The molecule has 1 aromatic rings. The second-order valence-electron chi connectivity index (χ2n) is 6.39. The molecule has 3 atom stereocenters. The minimum atomic E-state index is -1.95. The number of allylic oxidation sites excluding steroid dienone is 2. The van der Waals surface area contributed by atoms with Crippen LogP contribution in [0.1, 0.15) is 30.7 Å². The first-order chi connectivity index (χ1) is 12.0. The number of nitrogens with one attached hydrogen (secondary N) is 1. The molecule has 0 bridgehead atoms. The van der Waals surface area contributed by atoms with Crippen LogP contribution >= 0.6 is 0 Å². The van der Waals surface area contributed by atoms with E-state index in [1.54, 1.807) is 0 Å². The number of benzene rings is 1. The molecule has 6 heteroatoms. The zero-order chi connectivity index (χ0) is 18.2. The van der Waals surface area contributed by atoms with E-state index in [1.807, 2.05) is 24.3 Å². The fourth-order valence-corrected chi connectivity index (χ4v) is 4.11. The Hall–Kier alpha value is -3.04. The second-order valence-corrected chi connectivity index (χ2v) is 6.39. The van der Waals surface area contributed by atoms with Gasteiger partial charge in [-0.3, -0.25) is 0 Å². The highest BCUT2D eigenvalue weighted by Gasteiger charge is 2.57. The molecule has 1 aromatic carbocycles. The Labute approximate surface area is 144 Å².